The van der Waals surface area contributed by atoms with E-state index < -0.39 is 0 Å². The van der Waals surface area contributed by atoms with Crippen molar-refractivity contribution in [3.05, 3.63) is 65.9 Å². The van der Waals surface area contributed by atoms with E-state index >= 15 is 0 Å². The Morgan fingerprint density at radius 3 is 2.44 bits per heavy atom. The molecule has 1 fully saturated rings. The van der Waals surface area contributed by atoms with Crippen LogP contribution in [-0.2, 0) is 4.79 Å². The number of nitrogens with zero attached hydrogens (tertiary/aromatic N) is 3. The average Bonchev–Trinajstić information content (AvgIpc) is 2.73. The minimum absolute atomic E-state index is 0.179. The minimum atomic E-state index is 0.179. The molecule has 0 aliphatic carbocycles. The summed E-state index contributed by atoms with van der Waals surface area (Å²) < 4.78 is 0. The van der Waals surface area contributed by atoms with Crippen molar-refractivity contribution in [2.45, 2.75) is 4.90 Å². The lowest BCUT2D eigenvalue weighted by Crippen LogP contribution is -2.49. The smallest absolute Gasteiger partial charge is 0.233 e. The normalized spacial score (nSPS) is 14.6. The van der Waals surface area contributed by atoms with Crippen molar-refractivity contribution < 1.29 is 4.79 Å². The largest absolute Gasteiger partial charge is 0.368 e. The Morgan fingerprint density at radius 2 is 1.70 bits per heavy atom. The highest BCUT2D eigenvalue weighted by atomic mass is 35.5. The summed E-state index contributed by atoms with van der Waals surface area (Å²) in [5.74, 6) is 0.609. The van der Waals surface area contributed by atoms with Crippen LogP contribution < -0.4 is 4.90 Å². The first-order chi connectivity index (χ1) is 13.2. The number of aromatic nitrogens is 1. The van der Waals surface area contributed by atoms with Gasteiger partial charge in [0.05, 0.1) is 5.75 Å². The Balaban J connectivity index is 1.37. The highest BCUT2D eigenvalue weighted by Gasteiger charge is 2.21. The van der Waals surface area contributed by atoms with Crippen LogP contribution in [0.15, 0.2) is 65.8 Å². The molecule has 138 valence electrons. The summed E-state index contributed by atoms with van der Waals surface area (Å²) >= 11 is 7.95. The summed E-state index contributed by atoms with van der Waals surface area (Å²) in [6.45, 7) is 3.19. The van der Waals surface area contributed by atoms with Crippen molar-refractivity contribution >= 4 is 45.7 Å². The van der Waals surface area contributed by atoms with Gasteiger partial charge in [-0.1, -0.05) is 35.9 Å². The van der Waals surface area contributed by atoms with Gasteiger partial charge in [-0.25, -0.2) is 0 Å². The molecule has 3 aromatic rings. The maximum absolute atomic E-state index is 12.7. The number of pyridine rings is 1. The first kappa shape index (κ1) is 18.1. The topological polar surface area (TPSA) is 36.4 Å². The second kappa shape index (κ2) is 8.19. The summed E-state index contributed by atoms with van der Waals surface area (Å²) in [7, 11) is 0. The SMILES string of the molecule is O=C(CSc1cccc2cccc(Cl)c12)N1CCN(c2ccncc2)CC1. The third-order valence-corrected chi connectivity index (χ3v) is 6.18. The number of halogens is 1. The Hall–Kier alpha value is -2.24. The number of benzene rings is 2. The lowest BCUT2D eigenvalue weighted by atomic mass is 10.1. The van der Waals surface area contributed by atoms with E-state index in [0.717, 1.165) is 52.6 Å². The van der Waals surface area contributed by atoms with E-state index in [1.807, 2.05) is 53.4 Å². The summed E-state index contributed by atoms with van der Waals surface area (Å²) in [4.78, 5) is 22.0. The van der Waals surface area contributed by atoms with Crippen LogP contribution in [0.25, 0.3) is 10.8 Å². The van der Waals surface area contributed by atoms with Crippen molar-refractivity contribution in [2.24, 2.45) is 0 Å². The lowest BCUT2D eigenvalue weighted by molar-refractivity contribution is -0.128. The molecule has 4 rings (SSSR count). The predicted molar refractivity (Wildman–Crippen MR) is 113 cm³/mol. The summed E-state index contributed by atoms with van der Waals surface area (Å²) in [6.07, 6.45) is 3.61. The van der Waals surface area contributed by atoms with Gasteiger partial charge in [0.2, 0.25) is 5.91 Å². The van der Waals surface area contributed by atoms with Gasteiger partial charge >= 0.3 is 0 Å². The second-order valence-electron chi connectivity index (χ2n) is 6.46. The molecule has 4 nitrogen and oxygen atoms in total. The number of anilines is 1. The fourth-order valence-electron chi connectivity index (χ4n) is 3.38. The lowest BCUT2D eigenvalue weighted by Gasteiger charge is -2.36. The minimum Gasteiger partial charge on any atom is -0.368 e. The van der Waals surface area contributed by atoms with Gasteiger partial charge in [-0.15, -0.1) is 11.8 Å². The Bertz CT molecular complexity index is 937. The molecule has 1 amide bonds. The number of rotatable bonds is 4. The molecule has 6 heteroatoms. The van der Waals surface area contributed by atoms with E-state index in [4.69, 9.17) is 11.6 Å². The van der Waals surface area contributed by atoms with Crippen molar-refractivity contribution in [1.82, 2.24) is 9.88 Å². The van der Waals surface area contributed by atoms with Gasteiger partial charge in [0.1, 0.15) is 0 Å². The first-order valence-corrected chi connectivity index (χ1v) is 10.3. The molecule has 2 heterocycles. The molecule has 0 N–H and O–H groups in total. The van der Waals surface area contributed by atoms with E-state index in [1.54, 1.807) is 24.2 Å². The van der Waals surface area contributed by atoms with Crippen LogP contribution in [0.4, 0.5) is 5.69 Å². The number of thioether (sulfide) groups is 1. The maximum Gasteiger partial charge on any atom is 0.233 e. The highest BCUT2D eigenvalue weighted by Crippen LogP contribution is 2.33. The maximum atomic E-state index is 12.7. The summed E-state index contributed by atoms with van der Waals surface area (Å²) in [6, 6.07) is 16.0. The Kier molecular flexibility index (Phi) is 5.50. The standard InChI is InChI=1S/C21H20ClN3OS/c22-18-5-1-3-16-4-2-6-19(21(16)18)27-15-20(26)25-13-11-24(12-14-25)17-7-9-23-10-8-17/h1-10H,11-15H2. The van der Waals surface area contributed by atoms with Crippen LogP contribution in [-0.4, -0.2) is 47.7 Å². The zero-order valence-electron chi connectivity index (χ0n) is 14.8. The van der Waals surface area contributed by atoms with E-state index in [1.165, 1.54) is 0 Å². The zero-order valence-corrected chi connectivity index (χ0v) is 16.4. The van der Waals surface area contributed by atoms with Gasteiger partial charge in [0.25, 0.3) is 0 Å². The summed E-state index contributed by atoms with van der Waals surface area (Å²) in [5, 5.41) is 2.86. The van der Waals surface area contributed by atoms with Crippen LogP contribution >= 0.6 is 23.4 Å². The van der Waals surface area contributed by atoms with E-state index in [0.29, 0.717) is 5.75 Å². The van der Waals surface area contributed by atoms with Crippen molar-refractivity contribution in [1.29, 1.82) is 0 Å². The van der Waals surface area contributed by atoms with Gasteiger partial charge in [-0.05, 0) is 29.7 Å². The van der Waals surface area contributed by atoms with Gasteiger partial charge in [-0.2, -0.15) is 0 Å². The van der Waals surface area contributed by atoms with E-state index in [9.17, 15) is 4.79 Å². The Labute approximate surface area is 168 Å². The average molecular weight is 398 g/mol. The zero-order chi connectivity index (χ0) is 18.6. The molecule has 27 heavy (non-hydrogen) atoms. The number of piperazine rings is 1. The van der Waals surface area contributed by atoms with Gasteiger partial charge in [0, 0.05) is 59.6 Å². The first-order valence-electron chi connectivity index (χ1n) is 8.95. The molecule has 0 spiro atoms. The number of fused-ring (bicyclic) bond motifs is 1. The number of carbonyl (C=O) groups excluding carboxylic acids is 1. The molecule has 1 aliphatic heterocycles. The third-order valence-electron chi connectivity index (χ3n) is 4.83. The van der Waals surface area contributed by atoms with Crippen molar-refractivity contribution in [3.63, 3.8) is 0 Å². The van der Waals surface area contributed by atoms with E-state index in [2.05, 4.69) is 9.88 Å². The van der Waals surface area contributed by atoms with Crippen LogP contribution in [0, 0.1) is 0 Å². The highest BCUT2D eigenvalue weighted by molar-refractivity contribution is 8.00. The molecule has 2 aromatic carbocycles. The molecule has 0 atom stereocenters. The number of hydrogen-bond donors (Lipinski definition) is 0. The van der Waals surface area contributed by atoms with Crippen LogP contribution in [0.2, 0.25) is 5.02 Å². The quantitative estimate of drug-likeness (QED) is 0.614. The van der Waals surface area contributed by atoms with Crippen LogP contribution in [0.3, 0.4) is 0 Å². The van der Waals surface area contributed by atoms with Crippen molar-refractivity contribution in [2.75, 3.05) is 36.8 Å². The number of carbonyl (C=O) groups is 1. The van der Waals surface area contributed by atoms with Gasteiger partial charge in [-0.3, -0.25) is 9.78 Å². The fourth-order valence-corrected chi connectivity index (χ4v) is 4.73. The van der Waals surface area contributed by atoms with Gasteiger partial charge in [0.15, 0.2) is 0 Å². The molecule has 0 radical (unpaired) electrons. The predicted octanol–water partition coefficient (Wildman–Crippen LogP) is 4.33. The third kappa shape index (κ3) is 4.04. The number of amides is 1. The molecule has 1 aromatic heterocycles. The monoisotopic (exact) mass is 397 g/mol. The second-order valence-corrected chi connectivity index (χ2v) is 7.88. The molecule has 1 saturated heterocycles. The molecule has 0 unspecified atom stereocenters. The number of hydrogen-bond acceptors (Lipinski definition) is 4. The molecule has 0 bridgehead atoms. The van der Waals surface area contributed by atoms with Gasteiger partial charge < -0.3 is 9.80 Å². The molecule has 1 aliphatic rings. The Morgan fingerprint density at radius 1 is 1.00 bits per heavy atom. The van der Waals surface area contributed by atoms with Crippen LogP contribution in [0.5, 0.6) is 0 Å². The fraction of sp³-hybridized carbons (Fsp3) is 0.238. The van der Waals surface area contributed by atoms with E-state index in [-0.39, 0.29) is 5.91 Å². The van der Waals surface area contributed by atoms with Crippen molar-refractivity contribution in [3.8, 4) is 0 Å². The molecular formula is C21H20ClN3OS. The molecule has 0 saturated carbocycles. The summed E-state index contributed by atoms with van der Waals surface area (Å²) in [5.41, 5.74) is 1.16. The molecular weight excluding hydrogens is 378 g/mol. The van der Waals surface area contributed by atoms with Crippen LogP contribution in [0.1, 0.15) is 0 Å².